The van der Waals surface area contributed by atoms with Crippen molar-refractivity contribution >= 4 is 12.4 Å². The van der Waals surface area contributed by atoms with Crippen LogP contribution in [0.5, 0.6) is 0 Å². The first-order chi connectivity index (χ1) is 8.47. The van der Waals surface area contributed by atoms with Crippen molar-refractivity contribution in [2.75, 3.05) is 19.6 Å². The summed E-state index contributed by atoms with van der Waals surface area (Å²) in [7, 11) is 0. The SMILES string of the molecule is CCCN(C=O)C1(C(=O)O)CCN(C(C)C)CC1. The normalized spacial score (nSPS) is 19.8. The second kappa shape index (κ2) is 6.18. The molecule has 1 N–H and O–H groups in total. The van der Waals surface area contributed by atoms with Crippen LogP contribution in [0, 0.1) is 0 Å². The molecule has 18 heavy (non-hydrogen) atoms. The summed E-state index contributed by atoms with van der Waals surface area (Å²) in [4.78, 5) is 26.5. The van der Waals surface area contributed by atoms with Gasteiger partial charge in [-0.2, -0.15) is 0 Å². The highest BCUT2D eigenvalue weighted by atomic mass is 16.4. The van der Waals surface area contributed by atoms with Crippen LogP contribution in [0.15, 0.2) is 0 Å². The average Bonchev–Trinajstić information content (AvgIpc) is 2.35. The van der Waals surface area contributed by atoms with Crippen LogP contribution in [0.25, 0.3) is 0 Å². The van der Waals surface area contributed by atoms with Gasteiger partial charge in [0, 0.05) is 25.7 Å². The van der Waals surface area contributed by atoms with Crippen LogP contribution in [-0.2, 0) is 9.59 Å². The molecule has 1 amide bonds. The summed E-state index contributed by atoms with van der Waals surface area (Å²) in [5.74, 6) is -0.869. The Morgan fingerprint density at radius 1 is 1.44 bits per heavy atom. The molecule has 0 spiro atoms. The van der Waals surface area contributed by atoms with Gasteiger partial charge in [0.15, 0.2) is 0 Å². The number of rotatable bonds is 6. The van der Waals surface area contributed by atoms with Gasteiger partial charge in [-0.05, 0) is 33.1 Å². The minimum Gasteiger partial charge on any atom is -0.479 e. The molecule has 1 aliphatic rings. The molecule has 1 aliphatic heterocycles. The Hall–Kier alpha value is -1.10. The van der Waals surface area contributed by atoms with Crippen LogP contribution in [0.1, 0.15) is 40.0 Å². The third-order valence-electron chi connectivity index (χ3n) is 3.90. The molecule has 0 bridgehead atoms. The Morgan fingerprint density at radius 2 is 2.00 bits per heavy atom. The minimum atomic E-state index is -0.997. The van der Waals surface area contributed by atoms with E-state index in [4.69, 9.17) is 0 Å². The quantitative estimate of drug-likeness (QED) is 0.725. The Morgan fingerprint density at radius 3 is 2.33 bits per heavy atom. The van der Waals surface area contributed by atoms with Gasteiger partial charge in [0.05, 0.1) is 0 Å². The number of carboxylic acids is 1. The van der Waals surface area contributed by atoms with E-state index in [1.807, 2.05) is 6.92 Å². The molecule has 0 radical (unpaired) electrons. The Labute approximate surface area is 109 Å². The first kappa shape index (κ1) is 15.0. The van der Waals surface area contributed by atoms with E-state index in [2.05, 4.69) is 18.7 Å². The average molecular weight is 256 g/mol. The molecule has 1 rings (SSSR count). The second-order valence-corrected chi connectivity index (χ2v) is 5.27. The number of amides is 1. The van der Waals surface area contributed by atoms with Crippen molar-refractivity contribution < 1.29 is 14.7 Å². The van der Waals surface area contributed by atoms with Crippen molar-refractivity contribution in [2.24, 2.45) is 0 Å². The van der Waals surface area contributed by atoms with E-state index in [1.54, 1.807) is 0 Å². The van der Waals surface area contributed by atoms with Gasteiger partial charge in [0.25, 0.3) is 0 Å². The lowest BCUT2D eigenvalue weighted by molar-refractivity contribution is -0.159. The van der Waals surface area contributed by atoms with Crippen LogP contribution in [0.3, 0.4) is 0 Å². The van der Waals surface area contributed by atoms with Crippen molar-refractivity contribution in [3.8, 4) is 0 Å². The molecule has 5 heteroatoms. The summed E-state index contributed by atoms with van der Waals surface area (Å²) >= 11 is 0. The summed E-state index contributed by atoms with van der Waals surface area (Å²) in [5.41, 5.74) is -0.997. The third-order valence-corrected chi connectivity index (χ3v) is 3.90. The molecule has 0 atom stereocenters. The maximum Gasteiger partial charge on any atom is 0.329 e. The van der Waals surface area contributed by atoms with E-state index in [0.717, 1.165) is 19.5 Å². The van der Waals surface area contributed by atoms with Gasteiger partial charge >= 0.3 is 5.97 Å². The number of piperidine rings is 1. The highest BCUT2D eigenvalue weighted by Crippen LogP contribution is 2.29. The zero-order valence-corrected chi connectivity index (χ0v) is 11.6. The van der Waals surface area contributed by atoms with Gasteiger partial charge in [-0.15, -0.1) is 0 Å². The molecule has 0 aromatic carbocycles. The molecule has 5 nitrogen and oxygen atoms in total. The molecule has 1 fully saturated rings. The summed E-state index contributed by atoms with van der Waals surface area (Å²) in [6.07, 6.45) is 2.50. The van der Waals surface area contributed by atoms with Crippen molar-refractivity contribution in [1.82, 2.24) is 9.80 Å². The maximum absolute atomic E-state index is 11.6. The van der Waals surface area contributed by atoms with Crippen LogP contribution in [0.4, 0.5) is 0 Å². The van der Waals surface area contributed by atoms with Gasteiger partial charge in [-0.1, -0.05) is 6.92 Å². The summed E-state index contributed by atoms with van der Waals surface area (Å²) in [6.45, 7) is 8.15. The van der Waals surface area contributed by atoms with Gasteiger partial charge in [0.1, 0.15) is 5.54 Å². The number of carboxylic acid groups (broad SMARTS) is 1. The molecule has 0 saturated carbocycles. The standard InChI is InChI=1S/C13H24N2O3/c1-4-7-15(10-16)13(12(17)18)5-8-14(9-6-13)11(2)3/h10-11H,4-9H2,1-3H3,(H,17,18). The zero-order chi connectivity index (χ0) is 13.8. The summed E-state index contributed by atoms with van der Waals surface area (Å²) in [5, 5.41) is 9.52. The molecule has 0 aliphatic carbocycles. The van der Waals surface area contributed by atoms with Crippen LogP contribution in [-0.4, -0.2) is 58.5 Å². The van der Waals surface area contributed by atoms with E-state index in [0.29, 0.717) is 31.8 Å². The van der Waals surface area contributed by atoms with Crippen molar-refractivity contribution in [2.45, 2.75) is 51.6 Å². The number of nitrogens with zero attached hydrogens (tertiary/aromatic N) is 2. The number of hydrogen-bond acceptors (Lipinski definition) is 3. The summed E-state index contributed by atoms with van der Waals surface area (Å²) < 4.78 is 0. The van der Waals surface area contributed by atoms with E-state index in [9.17, 15) is 14.7 Å². The molecular weight excluding hydrogens is 232 g/mol. The fourth-order valence-corrected chi connectivity index (χ4v) is 2.64. The highest BCUT2D eigenvalue weighted by Gasteiger charge is 2.46. The Kier molecular flexibility index (Phi) is 5.14. The smallest absolute Gasteiger partial charge is 0.329 e. The number of carbonyl (C=O) groups excluding carboxylic acids is 1. The van der Waals surface area contributed by atoms with Crippen LogP contribution in [0.2, 0.25) is 0 Å². The lowest BCUT2D eigenvalue weighted by Gasteiger charge is -2.45. The van der Waals surface area contributed by atoms with E-state index in [-0.39, 0.29) is 0 Å². The van der Waals surface area contributed by atoms with Crippen molar-refractivity contribution in [1.29, 1.82) is 0 Å². The predicted molar refractivity (Wildman–Crippen MR) is 69.4 cm³/mol. The summed E-state index contributed by atoms with van der Waals surface area (Å²) in [6, 6.07) is 0.424. The molecule has 104 valence electrons. The zero-order valence-electron chi connectivity index (χ0n) is 11.6. The molecule has 1 heterocycles. The lowest BCUT2D eigenvalue weighted by Crippen LogP contribution is -2.60. The number of carbonyl (C=O) groups is 2. The fourth-order valence-electron chi connectivity index (χ4n) is 2.64. The van der Waals surface area contributed by atoms with E-state index in [1.165, 1.54) is 4.90 Å². The molecule has 0 aromatic heterocycles. The lowest BCUT2D eigenvalue weighted by atomic mass is 9.85. The Bertz CT molecular complexity index is 297. The monoisotopic (exact) mass is 256 g/mol. The Balaban J connectivity index is 2.84. The van der Waals surface area contributed by atoms with Gasteiger partial charge in [-0.3, -0.25) is 4.79 Å². The van der Waals surface area contributed by atoms with Crippen molar-refractivity contribution in [3.05, 3.63) is 0 Å². The third kappa shape index (κ3) is 2.83. The largest absolute Gasteiger partial charge is 0.479 e. The fraction of sp³-hybridized carbons (Fsp3) is 0.846. The van der Waals surface area contributed by atoms with Gasteiger partial charge in [0.2, 0.25) is 6.41 Å². The maximum atomic E-state index is 11.6. The first-order valence-corrected chi connectivity index (χ1v) is 6.67. The second-order valence-electron chi connectivity index (χ2n) is 5.27. The number of aliphatic carboxylic acids is 1. The minimum absolute atomic E-state index is 0.424. The van der Waals surface area contributed by atoms with Crippen LogP contribution >= 0.6 is 0 Å². The van der Waals surface area contributed by atoms with E-state index >= 15 is 0 Å². The highest BCUT2D eigenvalue weighted by molar-refractivity contribution is 5.81. The predicted octanol–water partition coefficient (Wildman–Crippen LogP) is 1.18. The number of likely N-dealkylation sites (tertiary alicyclic amines) is 1. The first-order valence-electron chi connectivity index (χ1n) is 6.67. The molecular formula is C13H24N2O3. The topological polar surface area (TPSA) is 60.9 Å². The molecule has 0 unspecified atom stereocenters. The van der Waals surface area contributed by atoms with Crippen molar-refractivity contribution in [3.63, 3.8) is 0 Å². The van der Waals surface area contributed by atoms with Gasteiger partial charge in [-0.25, -0.2) is 4.79 Å². The molecule has 0 aromatic rings. The number of hydrogen-bond donors (Lipinski definition) is 1. The van der Waals surface area contributed by atoms with Crippen LogP contribution < -0.4 is 0 Å². The van der Waals surface area contributed by atoms with Gasteiger partial charge < -0.3 is 14.9 Å². The van der Waals surface area contributed by atoms with E-state index < -0.39 is 11.5 Å². The molecule has 1 saturated heterocycles.